The van der Waals surface area contributed by atoms with Gasteiger partial charge in [0.25, 0.3) is 0 Å². The molecule has 0 spiro atoms. The second kappa shape index (κ2) is 8.44. The van der Waals surface area contributed by atoms with Gasteiger partial charge >= 0.3 is 6.03 Å². The van der Waals surface area contributed by atoms with E-state index in [0.717, 1.165) is 24.3 Å². The molecule has 0 aliphatic heterocycles. The lowest BCUT2D eigenvalue weighted by Gasteiger charge is -2.22. The Kier molecular flexibility index (Phi) is 6.27. The molecule has 5 heteroatoms. The van der Waals surface area contributed by atoms with E-state index in [1.165, 1.54) is 5.56 Å². The van der Waals surface area contributed by atoms with Crippen molar-refractivity contribution in [2.75, 3.05) is 13.7 Å². The van der Waals surface area contributed by atoms with Crippen molar-refractivity contribution in [2.45, 2.75) is 26.4 Å². The molecule has 1 aromatic heterocycles. The summed E-state index contributed by atoms with van der Waals surface area (Å²) in [5.41, 5.74) is 2.24. The Morgan fingerprint density at radius 1 is 1.23 bits per heavy atom. The first kappa shape index (κ1) is 16.4. The van der Waals surface area contributed by atoms with Crippen LogP contribution < -0.4 is 10.1 Å². The van der Waals surface area contributed by atoms with Crippen molar-refractivity contribution in [3.05, 3.63) is 52.2 Å². The maximum Gasteiger partial charge on any atom is 0.317 e. The van der Waals surface area contributed by atoms with Gasteiger partial charge in [-0.2, -0.15) is 11.3 Å². The standard InChI is InChI=1S/C17H22N2O2S/c1-3-9-19(12-15-8-10-22-13-15)17(20)18-11-14-4-6-16(21-2)7-5-14/h4-8,10,13H,3,9,11-12H2,1-2H3,(H,18,20). The fraction of sp³-hybridized carbons (Fsp3) is 0.353. The number of ether oxygens (including phenoxy) is 1. The van der Waals surface area contributed by atoms with E-state index in [4.69, 9.17) is 4.74 Å². The van der Waals surface area contributed by atoms with E-state index in [-0.39, 0.29) is 6.03 Å². The number of benzene rings is 1. The smallest absolute Gasteiger partial charge is 0.317 e. The van der Waals surface area contributed by atoms with Gasteiger partial charge in [-0.05, 0) is 46.5 Å². The number of carbonyl (C=O) groups is 1. The monoisotopic (exact) mass is 318 g/mol. The first-order chi connectivity index (χ1) is 10.7. The van der Waals surface area contributed by atoms with Gasteiger partial charge < -0.3 is 15.0 Å². The first-order valence-corrected chi connectivity index (χ1v) is 8.34. The molecule has 0 fully saturated rings. The van der Waals surface area contributed by atoms with Crippen LogP contribution in [-0.2, 0) is 13.1 Å². The third kappa shape index (κ3) is 4.77. The summed E-state index contributed by atoms with van der Waals surface area (Å²) in [4.78, 5) is 14.2. The third-order valence-corrected chi connectivity index (χ3v) is 4.07. The number of hydrogen-bond acceptors (Lipinski definition) is 3. The number of nitrogens with zero attached hydrogens (tertiary/aromatic N) is 1. The molecule has 0 bridgehead atoms. The number of methoxy groups -OCH3 is 1. The molecular formula is C17H22N2O2S. The van der Waals surface area contributed by atoms with E-state index >= 15 is 0 Å². The molecule has 4 nitrogen and oxygen atoms in total. The molecule has 0 unspecified atom stereocenters. The number of urea groups is 1. The summed E-state index contributed by atoms with van der Waals surface area (Å²) >= 11 is 1.65. The number of nitrogens with one attached hydrogen (secondary N) is 1. The molecule has 0 aliphatic carbocycles. The average Bonchev–Trinajstić information content (AvgIpc) is 3.06. The van der Waals surface area contributed by atoms with Gasteiger partial charge in [-0.1, -0.05) is 19.1 Å². The number of rotatable bonds is 7. The number of hydrogen-bond donors (Lipinski definition) is 1. The maximum absolute atomic E-state index is 12.3. The second-order valence-electron chi connectivity index (χ2n) is 5.06. The van der Waals surface area contributed by atoms with Gasteiger partial charge in [0.1, 0.15) is 5.75 Å². The van der Waals surface area contributed by atoms with Crippen LogP contribution in [0.1, 0.15) is 24.5 Å². The normalized spacial score (nSPS) is 10.3. The SMILES string of the molecule is CCCN(Cc1ccsc1)C(=O)NCc1ccc(OC)cc1. The molecule has 0 saturated carbocycles. The van der Waals surface area contributed by atoms with Gasteiger partial charge in [0, 0.05) is 19.6 Å². The summed E-state index contributed by atoms with van der Waals surface area (Å²) in [6, 6.07) is 9.76. The van der Waals surface area contributed by atoms with E-state index in [1.807, 2.05) is 34.5 Å². The van der Waals surface area contributed by atoms with Crippen molar-refractivity contribution in [3.8, 4) is 5.75 Å². The highest BCUT2D eigenvalue weighted by atomic mass is 32.1. The number of amides is 2. The van der Waals surface area contributed by atoms with Gasteiger partial charge in [0.15, 0.2) is 0 Å². The minimum atomic E-state index is -0.0242. The lowest BCUT2D eigenvalue weighted by molar-refractivity contribution is 0.194. The van der Waals surface area contributed by atoms with Crippen LogP contribution in [0.25, 0.3) is 0 Å². The highest BCUT2D eigenvalue weighted by molar-refractivity contribution is 7.07. The van der Waals surface area contributed by atoms with E-state index in [2.05, 4.69) is 23.7 Å². The van der Waals surface area contributed by atoms with Crippen LogP contribution in [0.3, 0.4) is 0 Å². The molecule has 0 atom stereocenters. The van der Waals surface area contributed by atoms with E-state index < -0.39 is 0 Å². The number of carbonyl (C=O) groups excluding carboxylic acids is 1. The van der Waals surface area contributed by atoms with Crippen molar-refractivity contribution in [1.82, 2.24) is 10.2 Å². The molecule has 0 aliphatic rings. The lowest BCUT2D eigenvalue weighted by Crippen LogP contribution is -2.39. The van der Waals surface area contributed by atoms with Gasteiger partial charge in [0.05, 0.1) is 7.11 Å². The minimum Gasteiger partial charge on any atom is -0.497 e. The fourth-order valence-corrected chi connectivity index (χ4v) is 2.82. The summed E-state index contributed by atoms with van der Waals surface area (Å²) in [7, 11) is 1.64. The molecule has 2 aromatic rings. The molecular weight excluding hydrogens is 296 g/mol. The van der Waals surface area contributed by atoms with E-state index in [1.54, 1.807) is 18.4 Å². The molecule has 22 heavy (non-hydrogen) atoms. The van der Waals surface area contributed by atoms with Crippen molar-refractivity contribution >= 4 is 17.4 Å². The summed E-state index contributed by atoms with van der Waals surface area (Å²) in [6.07, 6.45) is 0.945. The zero-order valence-corrected chi connectivity index (χ0v) is 13.9. The largest absolute Gasteiger partial charge is 0.497 e. The summed E-state index contributed by atoms with van der Waals surface area (Å²) < 4.78 is 5.13. The Bertz CT molecular complexity index is 567. The molecule has 2 rings (SSSR count). The van der Waals surface area contributed by atoms with Crippen LogP contribution >= 0.6 is 11.3 Å². The van der Waals surface area contributed by atoms with E-state index in [0.29, 0.717) is 13.1 Å². The summed E-state index contributed by atoms with van der Waals surface area (Å²) in [6.45, 7) is 4.01. The first-order valence-electron chi connectivity index (χ1n) is 7.39. The molecule has 118 valence electrons. The molecule has 1 aromatic carbocycles. The van der Waals surface area contributed by atoms with Crippen LogP contribution in [0.2, 0.25) is 0 Å². The van der Waals surface area contributed by atoms with Gasteiger partial charge in [-0.15, -0.1) is 0 Å². The van der Waals surface area contributed by atoms with Crippen LogP contribution in [0.15, 0.2) is 41.1 Å². The zero-order valence-electron chi connectivity index (χ0n) is 13.0. The fourth-order valence-electron chi connectivity index (χ4n) is 2.16. The van der Waals surface area contributed by atoms with Crippen LogP contribution in [0, 0.1) is 0 Å². The van der Waals surface area contributed by atoms with Crippen LogP contribution in [-0.4, -0.2) is 24.6 Å². The molecule has 0 radical (unpaired) electrons. The minimum absolute atomic E-state index is 0.0242. The van der Waals surface area contributed by atoms with E-state index in [9.17, 15) is 4.79 Å². The van der Waals surface area contributed by atoms with Crippen LogP contribution in [0.5, 0.6) is 5.75 Å². The van der Waals surface area contributed by atoms with Crippen LogP contribution in [0.4, 0.5) is 4.79 Å². The van der Waals surface area contributed by atoms with Gasteiger partial charge in [0.2, 0.25) is 0 Å². The van der Waals surface area contributed by atoms with Crippen molar-refractivity contribution in [3.63, 3.8) is 0 Å². The summed E-state index contributed by atoms with van der Waals surface area (Å²) in [5.74, 6) is 0.820. The second-order valence-corrected chi connectivity index (χ2v) is 5.84. The Labute approximate surface area is 135 Å². The molecule has 2 amide bonds. The lowest BCUT2D eigenvalue weighted by atomic mass is 10.2. The number of thiophene rings is 1. The maximum atomic E-state index is 12.3. The third-order valence-electron chi connectivity index (χ3n) is 3.34. The van der Waals surface area contributed by atoms with Crippen molar-refractivity contribution in [1.29, 1.82) is 0 Å². The predicted octanol–water partition coefficient (Wildman–Crippen LogP) is 3.88. The Morgan fingerprint density at radius 2 is 2.00 bits per heavy atom. The Hall–Kier alpha value is -2.01. The average molecular weight is 318 g/mol. The highest BCUT2D eigenvalue weighted by Crippen LogP contribution is 2.12. The highest BCUT2D eigenvalue weighted by Gasteiger charge is 2.12. The zero-order chi connectivity index (χ0) is 15.8. The van der Waals surface area contributed by atoms with Crippen molar-refractivity contribution in [2.24, 2.45) is 0 Å². The van der Waals surface area contributed by atoms with Gasteiger partial charge in [-0.3, -0.25) is 0 Å². The molecule has 0 saturated heterocycles. The Morgan fingerprint density at radius 3 is 2.59 bits per heavy atom. The van der Waals surface area contributed by atoms with Crippen molar-refractivity contribution < 1.29 is 9.53 Å². The topological polar surface area (TPSA) is 41.6 Å². The molecule has 1 N–H and O–H groups in total. The van der Waals surface area contributed by atoms with Gasteiger partial charge in [-0.25, -0.2) is 4.79 Å². The predicted molar refractivity (Wildman–Crippen MR) is 90.2 cm³/mol. The quantitative estimate of drug-likeness (QED) is 0.842. The summed E-state index contributed by atoms with van der Waals surface area (Å²) in [5, 5.41) is 7.10. The Balaban J connectivity index is 1.89. The molecule has 1 heterocycles.